The highest BCUT2D eigenvalue weighted by Gasteiger charge is 2.13. The summed E-state index contributed by atoms with van der Waals surface area (Å²) in [6, 6.07) is 14.9. The monoisotopic (exact) mass is 365 g/mol. The number of nitrogens with one attached hydrogen (secondary N) is 2. The number of hydrogen-bond donors (Lipinski definition) is 2. The highest BCUT2D eigenvalue weighted by molar-refractivity contribution is 5.95. The third-order valence-corrected chi connectivity index (χ3v) is 4.56. The van der Waals surface area contributed by atoms with Crippen molar-refractivity contribution < 1.29 is 9.59 Å². The summed E-state index contributed by atoms with van der Waals surface area (Å²) in [6.45, 7) is 2.94. The summed E-state index contributed by atoms with van der Waals surface area (Å²) < 4.78 is 1.87. The third-order valence-electron chi connectivity index (χ3n) is 4.56. The van der Waals surface area contributed by atoms with Gasteiger partial charge in [0.15, 0.2) is 0 Å². The van der Waals surface area contributed by atoms with Gasteiger partial charge in [-0.3, -0.25) is 20.4 Å². The summed E-state index contributed by atoms with van der Waals surface area (Å²) in [5.74, 6) is -0.0574. The Morgan fingerprint density at radius 1 is 1.07 bits per heavy atom. The Bertz CT molecular complexity index is 962. The number of anilines is 1. The lowest BCUT2D eigenvalue weighted by Crippen LogP contribution is -2.42. The topological polar surface area (TPSA) is 79.3 Å². The zero-order valence-electron chi connectivity index (χ0n) is 15.7. The number of amides is 2. The van der Waals surface area contributed by atoms with Crippen molar-refractivity contribution in [2.75, 3.05) is 18.5 Å². The molecule has 3 aromatic rings. The van der Waals surface area contributed by atoms with Gasteiger partial charge in [-0.25, -0.2) is 4.98 Å². The molecule has 1 aromatic heterocycles. The number of fused-ring (bicyclic) bond motifs is 1. The number of hydrazine groups is 1. The smallest absolute Gasteiger partial charge is 0.269 e. The summed E-state index contributed by atoms with van der Waals surface area (Å²) in [5.41, 5.74) is 8.20. The lowest BCUT2D eigenvalue weighted by Gasteiger charge is -2.16. The molecular weight excluding hydrogens is 342 g/mol. The van der Waals surface area contributed by atoms with E-state index < -0.39 is 0 Å². The molecule has 1 heterocycles. The van der Waals surface area contributed by atoms with Crippen molar-refractivity contribution in [3.05, 3.63) is 59.9 Å². The molecule has 140 valence electrons. The summed E-state index contributed by atoms with van der Waals surface area (Å²) in [5, 5.41) is 0. The number of carbonyl (C=O) groups excluding carboxylic acids is 2. The van der Waals surface area contributed by atoms with Crippen LogP contribution in [0.2, 0.25) is 0 Å². The molecule has 7 nitrogen and oxygen atoms in total. The van der Waals surface area contributed by atoms with Crippen LogP contribution in [0.4, 0.5) is 5.69 Å². The minimum absolute atomic E-state index is 0.0751. The maximum Gasteiger partial charge on any atom is 0.269 e. The van der Waals surface area contributed by atoms with Crippen LogP contribution >= 0.6 is 0 Å². The van der Waals surface area contributed by atoms with Gasteiger partial charge in [-0.15, -0.1) is 0 Å². The fraction of sp³-hybridized carbons (Fsp3) is 0.250. The van der Waals surface area contributed by atoms with E-state index in [1.807, 2.05) is 55.1 Å². The molecule has 2 aromatic carbocycles. The molecule has 0 atom stereocenters. The molecule has 0 aliphatic heterocycles. The Morgan fingerprint density at radius 2 is 1.78 bits per heavy atom. The number of imidazole rings is 1. The van der Waals surface area contributed by atoms with Crippen molar-refractivity contribution in [2.24, 2.45) is 7.05 Å². The van der Waals surface area contributed by atoms with Gasteiger partial charge in [-0.1, -0.05) is 12.1 Å². The predicted octanol–water partition coefficient (Wildman–Crippen LogP) is 2.03. The average molecular weight is 365 g/mol. The third kappa shape index (κ3) is 4.08. The molecule has 2 amide bonds. The quantitative estimate of drug-likeness (QED) is 0.678. The van der Waals surface area contributed by atoms with Gasteiger partial charge >= 0.3 is 0 Å². The average Bonchev–Trinajstić information content (AvgIpc) is 3.01. The van der Waals surface area contributed by atoms with E-state index >= 15 is 0 Å². The van der Waals surface area contributed by atoms with Crippen molar-refractivity contribution in [1.29, 1.82) is 0 Å². The van der Waals surface area contributed by atoms with E-state index in [-0.39, 0.29) is 18.2 Å². The summed E-state index contributed by atoms with van der Waals surface area (Å²) in [4.78, 5) is 30.9. The van der Waals surface area contributed by atoms with E-state index in [4.69, 9.17) is 0 Å². The zero-order valence-corrected chi connectivity index (χ0v) is 15.7. The molecule has 0 aliphatic rings. The fourth-order valence-corrected chi connectivity index (χ4v) is 2.79. The van der Waals surface area contributed by atoms with Crippen LogP contribution in [0, 0.1) is 0 Å². The predicted molar refractivity (Wildman–Crippen MR) is 105 cm³/mol. The first-order chi connectivity index (χ1) is 13.0. The molecule has 2 N–H and O–H groups in total. The number of hydrogen-bond acceptors (Lipinski definition) is 4. The van der Waals surface area contributed by atoms with Gasteiger partial charge in [0.2, 0.25) is 5.91 Å². The second-order valence-electron chi connectivity index (χ2n) is 6.32. The zero-order chi connectivity index (χ0) is 19.4. The number of para-hydroxylation sites is 2. The van der Waals surface area contributed by atoms with Crippen molar-refractivity contribution in [1.82, 2.24) is 20.4 Å². The van der Waals surface area contributed by atoms with Crippen LogP contribution in [0.5, 0.6) is 0 Å². The van der Waals surface area contributed by atoms with Gasteiger partial charge in [0.25, 0.3) is 5.91 Å². The van der Waals surface area contributed by atoms with Crippen LogP contribution in [-0.2, 0) is 18.3 Å². The van der Waals surface area contributed by atoms with E-state index in [1.165, 1.54) is 0 Å². The van der Waals surface area contributed by atoms with Gasteiger partial charge in [0, 0.05) is 31.9 Å². The van der Waals surface area contributed by atoms with E-state index in [2.05, 4.69) is 27.7 Å². The first-order valence-corrected chi connectivity index (χ1v) is 8.80. The Hall–Kier alpha value is -3.35. The van der Waals surface area contributed by atoms with E-state index in [1.54, 1.807) is 12.1 Å². The molecule has 0 spiro atoms. The van der Waals surface area contributed by atoms with Crippen molar-refractivity contribution in [2.45, 2.75) is 13.3 Å². The highest BCUT2D eigenvalue weighted by Crippen LogP contribution is 2.15. The van der Waals surface area contributed by atoms with Crippen molar-refractivity contribution in [3.8, 4) is 0 Å². The van der Waals surface area contributed by atoms with E-state index in [9.17, 15) is 9.59 Å². The van der Waals surface area contributed by atoms with Gasteiger partial charge in [-0.05, 0) is 43.3 Å². The van der Waals surface area contributed by atoms with Crippen molar-refractivity contribution in [3.63, 3.8) is 0 Å². The SMILES string of the molecule is CCN(C)c1ccc(C(=O)NNC(=O)Cc2nc3ccccc3n2C)cc1. The second-order valence-corrected chi connectivity index (χ2v) is 6.32. The number of aryl methyl sites for hydroxylation is 1. The first-order valence-electron chi connectivity index (χ1n) is 8.80. The number of nitrogens with zero attached hydrogens (tertiary/aromatic N) is 3. The molecule has 0 saturated heterocycles. The standard InChI is InChI=1S/C20H23N5O2/c1-4-24(2)15-11-9-14(10-12-15)20(27)23-22-19(26)13-18-21-16-7-5-6-8-17(16)25(18)3/h5-12H,4,13H2,1-3H3,(H,22,26)(H,23,27). The van der Waals surface area contributed by atoms with Gasteiger partial charge in [-0.2, -0.15) is 0 Å². The normalized spacial score (nSPS) is 10.6. The van der Waals surface area contributed by atoms with Gasteiger partial charge in [0.1, 0.15) is 5.82 Å². The Balaban J connectivity index is 1.58. The van der Waals surface area contributed by atoms with Crippen molar-refractivity contribution >= 4 is 28.5 Å². The van der Waals surface area contributed by atoms with Crippen LogP contribution in [0.1, 0.15) is 23.1 Å². The van der Waals surface area contributed by atoms with E-state index in [0.29, 0.717) is 11.4 Å². The van der Waals surface area contributed by atoms with Crippen LogP contribution in [-0.4, -0.2) is 35.0 Å². The lowest BCUT2D eigenvalue weighted by molar-refractivity contribution is -0.121. The Morgan fingerprint density at radius 3 is 2.44 bits per heavy atom. The second kappa shape index (κ2) is 7.90. The molecule has 0 saturated carbocycles. The Labute approximate surface area is 158 Å². The summed E-state index contributed by atoms with van der Waals surface area (Å²) in [7, 11) is 3.85. The van der Waals surface area contributed by atoms with Crippen LogP contribution in [0.15, 0.2) is 48.5 Å². The number of benzene rings is 2. The molecule has 0 radical (unpaired) electrons. The number of rotatable bonds is 5. The van der Waals surface area contributed by atoms with Gasteiger partial charge < -0.3 is 9.47 Å². The minimum atomic E-state index is -0.362. The molecule has 0 unspecified atom stereocenters. The largest absolute Gasteiger partial charge is 0.375 e. The maximum absolute atomic E-state index is 12.2. The molecule has 3 rings (SSSR count). The van der Waals surface area contributed by atoms with Gasteiger partial charge in [0.05, 0.1) is 17.5 Å². The molecule has 0 aliphatic carbocycles. The van der Waals surface area contributed by atoms with Crippen LogP contribution < -0.4 is 15.8 Å². The number of carbonyl (C=O) groups is 2. The van der Waals surface area contributed by atoms with E-state index in [0.717, 1.165) is 23.3 Å². The number of aromatic nitrogens is 2. The van der Waals surface area contributed by atoms with Crippen LogP contribution in [0.25, 0.3) is 11.0 Å². The summed E-state index contributed by atoms with van der Waals surface area (Å²) >= 11 is 0. The molecule has 0 fully saturated rings. The maximum atomic E-state index is 12.2. The summed E-state index contributed by atoms with van der Waals surface area (Å²) in [6.07, 6.45) is 0.0751. The lowest BCUT2D eigenvalue weighted by atomic mass is 10.2. The van der Waals surface area contributed by atoms with Crippen LogP contribution in [0.3, 0.4) is 0 Å². The minimum Gasteiger partial charge on any atom is -0.375 e. The molecular formula is C20H23N5O2. The first kappa shape index (κ1) is 18.4. The Kier molecular flexibility index (Phi) is 5.40. The molecule has 27 heavy (non-hydrogen) atoms. The molecule has 7 heteroatoms. The molecule has 0 bridgehead atoms. The highest BCUT2D eigenvalue weighted by atomic mass is 16.2. The fourth-order valence-electron chi connectivity index (χ4n) is 2.79.